The SMILES string of the molecule is CC/C=C\C/C=C\C/C=C\C/C=C\C/C=C\C/C=C\C/C=C\C/C=C\CCCCCCCCCCCCCCCCC(=O)NC(COC1OC(CO)C(OC2OC(CO)C(OC3OC(CO)C(O)C(O)C3O)C(O)C2O)C(O)C1O)C(O)CCCCCCCCCCCCCCCC. The molecule has 0 aliphatic carbocycles. The van der Waals surface area contributed by atoms with E-state index in [1.807, 2.05) is 0 Å². The molecule has 3 fully saturated rings. The second-order valence-corrected chi connectivity index (χ2v) is 27.1. The van der Waals surface area contributed by atoms with Crippen molar-refractivity contribution in [3.8, 4) is 0 Å². The van der Waals surface area contributed by atoms with Crippen molar-refractivity contribution in [1.29, 1.82) is 0 Å². The Kier molecular flexibility index (Phi) is 53.7. The predicted octanol–water partition coefficient (Wildman–Crippen LogP) is 12.0. The third-order valence-corrected chi connectivity index (χ3v) is 18.7. The number of nitrogens with one attached hydrogen (secondary N) is 1. The number of allylic oxidation sites excluding steroid dienone is 16. The molecule has 3 rings (SSSR count). The maximum Gasteiger partial charge on any atom is 0.220 e. The number of unbranched alkanes of at least 4 members (excludes halogenated alkanes) is 27. The van der Waals surface area contributed by atoms with Crippen molar-refractivity contribution in [2.24, 2.45) is 0 Å². The van der Waals surface area contributed by atoms with Crippen molar-refractivity contribution in [3.05, 3.63) is 97.2 Å². The van der Waals surface area contributed by atoms with Gasteiger partial charge in [0.2, 0.25) is 5.91 Å². The maximum atomic E-state index is 13.4. The zero-order chi connectivity index (χ0) is 71.1. The minimum atomic E-state index is -1.97. The van der Waals surface area contributed by atoms with Crippen LogP contribution in [0.2, 0.25) is 0 Å². The smallest absolute Gasteiger partial charge is 0.220 e. The van der Waals surface area contributed by atoms with E-state index >= 15 is 0 Å². The Morgan fingerprint density at radius 3 is 1.10 bits per heavy atom. The fraction of sp³-hybridized carbons (Fsp3) is 0.785. The van der Waals surface area contributed by atoms with Crippen LogP contribution in [-0.2, 0) is 33.2 Å². The van der Waals surface area contributed by atoms with E-state index in [1.165, 1.54) is 128 Å². The first-order chi connectivity index (χ1) is 47.8. The summed E-state index contributed by atoms with van der Waals surface area (Å²) in [4.78, 5) is 13.4. The van der Waals surface area contributed by atoms with Gasteiger partial charge in [-0.25, -0.2) is 0 Å². The van der Waals surface area contributed by atoms with Crippen LogP contribution in [0.4, 0.5) is 0 Å². The van der Waals surface area contributed by atoms with E-state index < -0.39 is 124 Å². The van der Waals surface area contributed by atoms with Crippen LogP contribution in [0.3, 0.4) is 0 Å². The summed E-state index contributed by atoms with van der Waals surface area (Å²) in [6, 6.07) is -0.892. The summed E-state index contributed by atoms with van der Waals surface area (Å²) in [6.45, 7) is 1.68. The standard InChI is InChI=1S/C79H137NO18/c1-3-5-7-9-11-13-15-17-19-20-21-22-23-24-25-26-27-28-29-30-31-32-33-34-35-36-37-38-39-40-41-42-43-45-47-49-51-53-55-57-67(85)80-62(63(84)56-54-52-50-48-46-44-18-16-14-12-10-8-6-4-2)61-93-77-73(91)70(88)75(65(59-82)95-77)98-79-74(92)71(89)76(66(60-83)96-79)97-78-72(90)69(87)68(86)64(58-81)94-78/h5,7,11,13,17,19,21-22,24-25,27-28,30-31,33-34,62-66,68-79,81-84,86-92H,3-4,6,8-10,12,14-16,18,20,23,26,29,32,35-61H2,1-2H3,(H,80,85)/b7-5-,13-11-,19-17-,22-21-,25-24-,28-27-,31-30-,34-33-. The molecule has 0 spiro atoms. The molecule has 19 heteroatoms. The highest BCUT2D eigenvalue weighted by Gasteiger charge is 2.53. The summed E-state index contributed by atoms with van der Waals surface area (Å²) in [7, 11) is 0. The molecule has 3 aliphatic heterocycles. The van der Waals surface area contributed by atoms with Gasteiger partial charge in [-0.15, -0.1) is 0 Å². The molecule has 3 saturated heterocycles. The topological polar surface area (TPSA) is 307 Å². The monoisotopic (exact) mass is 1390 g/mol. The summed E-state index contributed by atoms with van der Waals surface area (Å²) in [5.41, 5.74) is 0. The summed E-state index contributed by atoms with van der Waals surface area (Å²) < 4.78 is 34.4. The average molecular weight is 1390 g/mol. The fourth-order valence-corrected chi connectivity index (χ4v) is 12.5. The first-order valence-corrected chi connectivity index (χ1v) is 38.5. The van der Waals surface area contributed by atoms with E-state index in [-0.39, 0.29) is 18.9 Å². The van der Waals surface area contributed by atoms with Crippen molar-refractivity contribution in [2.75, 3.05) is 26.4 Å². The molecule has 0 aromatic rings. The number of hydrogen-bond acceptors (Lipinski definition) is 18. The molecule has 0 radical (unpaired) electrons. The zero-order valence-corrected chi connectivity index (χ0v) is 60.2. The van der Waals surface area contributed by atoms with E-state index in [0.29, 0.717) is 12.8 Å². The molecule has 98 heavy (non-hydrogen) atoms. The summed E-state index contributed by atoms with van der Waals surface area (Å²) >= 11 is 0. The Morgan fingerprint density at radius 2 is 0.704 bits per heavy atom. The molecular weight excluding hydrogens is 1250 g/mol. The zero-order valence-electron chi connectivity index (χ0n) is 60.2. The first-order valence-electron chi connectivity index (χ1n) is 38.5. The quantitative estimate of drug-likeness (QED) is 0.0199. The lowest BCUT2D eigenvalue weighted by Gasteiger charge is -2.48. The van der Waals surface area contributed by atoms with Crippen LogP contribution in [0, 0.1) is 0 Å². The van der Waals surface area contributed by atoms with Crippen LogP contribution in [0.15, 0.2) is 97.2 Å². The molecule has 17 atom stereocenters. The third kappa shape index (κ3) is 39.4. The van der Waals surface area contributed by atoms with Crippen molar-refractivity contribution >= 4 is 5.91 Å². The molecule has 1 amide bonds. The number of carbonyl (C=O) groups excluding carboxylic acids is 1. The van der Waals surface area contributed by atoms with Crippen LogP contribution >= 0.6 is 0 Å². The van der Waals surface area contributed by atoms with Crippen LogP contribution in [0.5, 0.6) is 0 Å². The Balaban J connectivity index is 1.31. The van der Waals surface area contributed by atoms with Crippen LogP contribution < -0.4 is 5.32 Å². The molecular formula is C79H137NO18. The van der Waals surface area contributed by atoms with Gasteiger partial charge in [0.15, 0.2) is 18.9 Å². The molecule has 17 unspecified atom stereocenters. The lowest BCUT2D eigenvalue weighted by Crippen LogP contribution is -2.66. The van der Waals surface area contributed by atoms with Gasteiger partial charge >= 0.3 is 0 Å². The Bertz CT molecular complexity index is 2150. The predicted molar refractivity (Wildman–Crippen MR) is 387 cm³/mol. The van der Waals surface area contributed by atoms with Crippen molar-refractivity contribution < 1.29 is 89.4 Å². The maximum absolute atomic E-state index is 13.4. The number of aliphatic hydroxyl groups is 11. The van der Waals surface area contributed by atoms with Crippen molar-refractivity contribution in [1.82, 2.24) is 5.32 Å². The van der Waals surface area contributed by atoms with Crippen LogP contribution in [0.25, 0.3) is 0 Å². The summed E-state index contributed by atoms with van der Waals surface area (Å²) in [5.74, 6) is -0.245. The molecule has 3 heterocycles. The van der Waals surface area contributed by atoms with E-state index in [4.69, 9.17) is 28.4 Å². The fourth-order valence-electron chi connectivity index (χ4n) is 12.5. The molecule has 0 saturated carbocycles. The van der Waals surface area contributed by atoms with E-state index in [1.54, 1.807) is 0 Å². The van der Waals surface area contributed by atoms with Gasteiger partial charge in [0, 0.05) is 6.42 Å². The molecule has 0 aromatic carbocycles. The largest absolute Gasteiger partial charge is 0.394 e. The van der Waals surface area contributed by atoms with Gasteiger partial charge in [0.25, 0.3) is 0 Å². The first kappa shape index (κ1) is 88.9. The van der Waals surface area contributed by atoms with Gasteiger partial charge in [0.05, 0.1) is 38.6 Å². The van der Waals surface area contributed by atoms with E-state index in [0.717, 1.165) is 103 Å². The molecule has 19 nitrogen and oxygen atoms in total. The highest BCUT2D eigenvalue weighted by molar-refractivity contribution is 5.76. The minimum absolute atomic E-state index is 0.245. The van der Waals surface area contributed by atoms with Gasteiger partial charge in [0.1, 0.15) is 73.2 Å². The molecule has 0 bridgehead atoms. The molecule has 0 aromatic heterocycles. The molecule has 566 valence electrons. The van der Waals surface area contributed by atoms with E-state index in [2.05, 4.69) is 116 Å². The third-order valence-electron chi connectivity index (χ3n) is 18.7. The number of ether oxygens (including phenoxy) is 6. The average Bonchev–Trinajstić information content (AvgIpc) is 0.785. The van der Waals surface area contributed by atoms with E-state index in [9.17, 15) is 61.0 Å². The lowest BCUT2D eigenvalue weighted by molar-refractivity contribution is -0.379. The van der Waals surface area contributed by atoms with Crippen molar-refractivity contribution in [2.45, 2.75) is 369 Å². The number of carbonyl (C=O) groups is 1. The highest BCUT2D eigenvalue weighted by atomic mass is 16.8. The lowest BCUT2D eigenvalue weighted by atomic mass is 9.96. The Labute approximate surface area is 590 Å². The van der Waals surface area contributed by atoms with Gasteiger partial charge in [-0.2, -0.15) is 0 Å². The van der Waals surface area contributed by atoms with Gasteiger partial charge in [-0.1, -0.05) is 278 Å². The number of amides is 1. The summed E-state index contributed by atoms with van der Waals surface area (Å²) in [5, 5.41) is 121. The second-order valence-electron chi connectivity index (χ2n) is 27.1. The number of aliphatic hydroxyl groups excluding tert-OH is 11. The van der Waals surface area contributed by atoms with Gasteiger partial charge < -0.3 is 89.9 Å². The summed E-state index contributed by atoms with van der Waals surface area (Å²) in [6.07, 6.45) is 52.1. The highest BCUT2D eigenvalue weighted by Crippen LogP contribution is 2.33. The normalized spacial score (nSPS) is 27.3. The van der Waals surface area contributed by atoms with Crippen LogP contribution in [-0.4, -0.2) is 193 Å². The van der Waals surface area contributed by atoms with Gasteiger partial charge in [-0.05, 0) is 77.0 Å². The number of hydrogen-bond donors (Lipinski definition) is 12. The molecule has 3 aliphatic rings. The molecule has 12 N–H and O–H groups in total. The Hall–Kier alpha value is -3.29. The van der Waals surface area contributed by atoms with Crippen LogP contribution in [0.1, 0.15) is 264 Å². The van der Waals surface area contributed by atoms with Gasteiger partial charge in [-0.3, -0.25) is 4.79 Å². The Morgan fingerprint density at radius 1 is 0.378 bits per heavy atom. The number of rotatable bonds is 59. The van der Waals surface area contributed by atoms with Crippen molar-refractivity contribution in [3.63, 3.8) is 0 Å². The minimum Gasteiger partial charge on any atom is -0.394 e. The second kappa shape index (κ2) is 59.1.